The van der Waals surface area contributed by atoms with Crippen molar-refractivity contribution in [1.29, 1.82) is 0 Å². The van der Waals surface area contributed by atoms with Crippen LogP contribution in [0.1, 0.15) is 25.2 Å². The molecule has 3 rings (SSSR count). The summed E-state index contributed by atoms with van der Waals surface area (Å²) < 4.78 is 58.9. The second-order valence-corrected chi connectivity index (χ2v) is 7.17. The zero-order valence-corrected chi connectivity index (χ0v) is 19.7. The molecule has 1 saturated heterocycles. The molecule has 2 heterocycles. The fraction of sp³-hybridized carbons (Fsp3) is 0.500. The number of rotatable bonds is 5. The summed E-state index contributed by atoms with van der Waals surface area (Å²) in [5.74, 6) is -4.46. The SMILES string of the molecule is CCNC(=NCc1c(F)c(F)cc(F)c1F)N1CCN(c2nc(CC)ns2)CC1.I. The first-order valence-corrected chi connectivity index (χ1v) is 10.1. The van der Waals surface area contributed by atoms with Gasteiger partial charge in [0.1, 0.15) is 5.82 Å². The summed E-state index contributed by atoms with van der Waals surface area (Å²) in [5, 5.41) is 3.92. The molecule has 0 spiro atoms. The van der Waals surface area contributed by atoms with E-state index in [0.717, 1.165) is 17.4 Å². The van der Waals surface area contributed by atoms with E-state index in [1.807, 2.05) is 18.7 Å². The Morgan fingerprint density at radius 3 is 2.27 bits per heavy atom. The molecule has 0 atom stereocenters. The van der Waals surface area contributed by atoms with Crippen molar-refractivity contribution in [1.82, 2.24) is 19.6 Å². The van der Waals surface area contributed by atoms with E-state index in [0.29, 0.717) is 38.7 Å². The number of aromatic nitrogens is 2. The number of halogens is 5. The van der Waals surface area contributed by atoms with Gasteiger partial charge in [-0.1, -0.05) is 6.92 Å². The lowest BCUT2D eigenvalue weighted by molar-refractivity contribution is 0.371. The molecule has 0 aliphatic carbocycles. The van der Waals surface area contributed by atoms with E-state index in [1.54, 1.807) is 0 Å². The Morgan fingerprint density at radius 2 is 1.73 bits per heavy atom. The molecule has 0 bridgehead atoms. The molecular formula is C18H23F4IN6S. The number of nitrogens with zero attached hydrogens (tertiary/aromatic N) is 5. The third kappa shape index (κ3) is 5.50. The van der Waals surface area contributed by atoms with Gasteiger partial charge in [-0.2, -0.15) is 4.37 Å². The van der Waals surface area contributed by atoms with Crippen molar-refractivity contribution < 1.29 is 17.6 Å². The Labute approximate surface area is 193 Å². The second kappa shape index (κ2) is 11.1. The fourth-order valence-electron chi connectivity index (χ4n) is 2.97. The molecule has 0 unspecified atom stereocenters. The zero-order chi connectivity index (χ0) is 21.0. The summed E-state index contributed by atoms with van der Waals surface area (Å²) in [6.45, 7) is 6.47. The van der Waals surface area contributed by atoms with Crippen LogP contribution in [0.4, 0.5) is 22.7 Å². The molecule has 6 nitrogen and oxygen atoms in total. The van der Waals surface area contributed by atoms with Crippen LogP contribution < -0.4 is 10.2 Å². The maximum atomic E-state index is 13.9. The smallest absolute Gasteiger partial charge is 0.205 e. The molecule has 1 aliphatic heterocycles. The van der Waals surface area contributed by atoms with Crippen LogP contribution in [0.5, 0.6) is 0 Å². The van der Waals surface area contributed by atoms with Crippen LogP contribution in [0.15, 0.2) is 11.1 Å². The van der Waals surface area contributed by atoms with Crippen LogP contribution in [0.2, 0.25) is 0 Å². The van der Waals surface area contributed by atoms with Crippen molar-refractivity contribution >= 4 is 46.6 Å². The number of benzene rings is 1. The molecule has 12 heteroatoms. The Morgan fingerprint density at radius 1 is 1.10 bits per heavy atom. The van der Waals surface area contributed by atoms with Gasteiger partial charge >= 0.3 is 0 Å². The van der Waals surface area contributed by atoms with Crippen LogP contribution in [-0.4, -0.2) is 52.9 Å². The van der Waals surface area contributed by atoms with Crippen LogP contribution in [0.25, 0.3) is 0 Å². The minimum Gasteiger partial charge on any atom is -0.357 e. The largest absolute Gasteiger partial charge is 0.357 e. The molecule has 0 saturated carbocycles. The van der Waals surface area contributed by atoms with E-state index in [4.69, 9.17) is 0 Å². The first-order valence-electron chi connectivity index (χ1n) is 9.37. The van der Waals surface area contributed by atoms with Crippen molar-refractivity contribution in [2.45, 2.75) is 26.8 Å². The van der Waals surface area contributed by atoms with Crippen molar-refractivity contribution in [3.8, 4) is 0 Å². The molecule has 1 aromatic carbocycles. The quantitative estimate of drug-likeness (QED) is 0.200. The third-order valence-corrected chi connectivity index (χ3v) is 5.36. The summed E-state index contributed by atoms with van der Waals surface area (Å²) in [6.07, 6.45) is 0.779. The minimum absolute atomic E-state index is 0. The fourth-order valence-corrected chi connectivity index (χ4v) is 3.77. The Balaban J connectivity index is 0.00000320. The average Bonchev–Trinajstić information content (AvgIpc) is 3.21. The number of aryl methyl sites for hydroxylation is 1. The third-order valence-electron chi connectivity index (χ3n) is 4.55. The molecule has 1 aromatic heterocycles. The van der Waals surface area contributed by atoms with Gasteiger partial charge in [0.15, 0.2) is 29.2 Å². The highest BCUT2D eigenvalue weighted by Crippen LogP contribution is 2.21. The zero-order valence-electron chi connectivity index (χ0n) is 16.6. The van der Waals surface area contributed by atoms with Crippen LogP contribution in [-0.2, 0) is 13.0 Å². The van der Waals surface area contributed by atoms with E-state index in [2.05, 4.69) is 24.6 Å². The molecule has 1 N–H and O–H groups in total. The summed E-state index contributed by atoms with van der Waals surface area (Å²) in [6, 6.07) is 0.194. The number of guanidine groups is 1. The van der Waals surface area contributed by atoms with Gasteiger partial charge < -0.3 is 15.1 Å². The Kier molecular flexibility index (Phi) is 9.07. The summed E-state index contributed by atoms with van der Waals surface area (Å²) >= 11 is 1.36. The average molecular weight is 558 g/mol. The van der Waals surface area contributed by atoms with Gasteiger partial charge in [0, 0.05) is 56.7 Å². The first kappa shape index (κ1) is 24.6. The maximum absolute atomic E-state index is 13.9. The van der Waals surface area contributed by atoms with Gasteiger partial charge in [-0.05, 0) is 6.92 Å². The maximum Gasteiger partial charge on any atom is 0.205 e. The lowest BCUT2D eigenvalue weighted by Crippen LogP contribution is -2.52. The number of nitrogens with one attached hydrogen (secondary N) is 1. The molecule has 166 valence electrons. The number of piperazine rings is 1. The van der Waals surface area contributed by atoms with Crippen molar-refractivity contribution in [3.63, 3.8) is 0 Å². The van der Waals surface area contributed by atoms with E-state index in [9.17, 15) is 17.6 Å². The minimum atomic E-state index is -1.43. The first-order chi connectivity index (χ1) is 13.9. The molecular weight excluding hydrogens is 535 g/mol. The highest BCUT2D eigenvalue weighted by atomic mass is 127. The van der Waals surface area contributed by atoms with Gasteiger partial charge in [-0.25, -0.2) is 27.5 Å². The monoisotopic (exact) mass is 558 g/mol. The lowest BCUT2D eigenvalue weighted by atomic mass is 10.2. The number of hydrogen-bond donors (Lipinski definition) is 1. The van der Waals surface area contributed by atoms with E-state index in [1.165, 1.54) is 11.5 Å². The normalized spacial score (nSPS) is 14.7. The predicted octanol–water partition coefficient (Wildman–Crippen LogP) is 3.56. The standard InChI is InChI=1S/C18H22F4N6S.HI/c1-3-14-25-18(29-26-14)28-7-5-27(6-8-28)17(23-4-2)24-10-11-15(21)12(19)9-13(20)16(11)22;/h9H,3-8,10H2,1-2H3,(H,23,24);1H. The second-order valence-electron chi connectivity index (χ2n) is 6.44. The van der Waals surface area contributed by atoms with Gasteiger partial charge in [0.2, 0.25) is 5.13 Å². The van der Waals surface area contributed by atoms with E-state index in [-0.39, 0.29) is 30.0 Å². The van der Waals surface area contributed by atoms with Crippen LogP contribution >= 0.6 is 35.5 Å². The van der Waals surface area contributed by atoms with Crippen molar-refractivity contribution in [3.05, 3.63) is 40.7 Å². The topological polar surface area (TPSA) is 56.7 Å². The number of aliphatic imine (C=N–C) groups is 1. The van der Waals surface area contributed by atoms with Crippen molar-refractivity contribution in [2.75, 3.05) is 37.6 Å². The molecule has 1 aliphatic rings. The van der Waals surface area contributed by atoms with Crippen LogP contribution in [0, 0.1) is 23.3 Å². The Hall–Kier alpha value is -1.70. The van der Waals surface area contributed by atoms with E-state index < -0.39 is 35.4 Å². The highest BCUT2D eigenvalue weighted by Gasteiger charge is 2.23. The summed E-state index contributed by atoms with van der Waals surface area (Å²) in [5.41, 5.74) is -0.725. The molecule has 30 heavy (non-hydrogen) atoms. The van der Waals surface area contributed by atoms with E-state index >= 15 is 0 Å². The summed E-state index contributed by atoms with van der Waals surface area (Å²) in [4.78, 5) is 12.7. The van der Waals surface area contributed by atoms with Gasteiger partial charge in [-0.15, -0.1) is 24.0 Å². The molecule has 2 aromatic rings. The number of anilines is 1. The van der Waals surface area contributed by atoms with Gasteiger partial charge in [-0.3, -0.25) is 0 Å². The molecule has 0 radical (unpaired) electrons. The highest BCUT2D eigenvalue weighted by molar-refractivity contribution is 14.0. The van der Waals surface area contributed by atoms with Crippen LogP contribution in [0.3, 0.4) is 0 Å². The van der Waals surface area contributed by atoms with Gasteiger partial charge in [0.25, 0.3) is 0 Å². The number of hydrogen-bond acceptors (Lipinski definition) is 5. The lowest BCUT2D eigenvalue weighted by Gasteiger charge is -2.36. The predicted molar refractivity (Wildman–Crippen MR) is 120 cm³/mol. The van der Waals surface area contributed by atoms with Crippen molar-refractivity contribution in [2.24, 2.45) is 4.99 Å². The Bertz CT molecular complexity index is 860. The molecule has 1 fully saturated rings. The van der Waals surface area contributed by atoms with Gasteiger partial charge in [0.05, 0.1) is 12.1 Å². The summed E-state index contributed by atoms with van der Waals surface area (Å²) in [7, 11) is 0. The molecule has 0 amide bonds.